The Morgan fingerprint density at radius 3 is 2.60 bits per heavy atom. The van der Waals surface area contributed by atoms with E-state index in [-0.39, 0.29) is 16.8 Å². The largest absolute Gasteiger partial charge is 0.416 e. The van der Waals surface area contributed by atoms with Crippen molar-refractivity contribution >= 4 is 35.0 Å². The highest BCUT2D eigenvalue weighted by Gasteiger charge is 2.33. The number of nitrogens with zero attached hydrogens (tertiary/aromatic N) is 4. The van der Waals surface area contributed by atoms with E-state index in [1.165, 1.54) is 0 Å². The van der Waals surface area contributed by atoms with Crippen LogP contribution in [-0.2, 0) is 11.0 Å². The first-order valence-electron chi connectivity index (χ1n) is 9.00. The van der Waals surface area contributed by atoms with Gasteiger partial charge in [-0.15, -0.1) is 5.10 Å². The molecule has 11 heteroatoms. The van der Waals surface area contributed by atoms with E-state index in [9.17, 15) is 18.0 Å². The molecular formula is C19H15ClF3N5OS. The average molecular weight is 454 g/mol. The number of thioether (sulfide) groups is 1. The summed E-state index contributed by atoms with van der Waals surface area (Å²) in [7, 11) is 0. The summed E-state index contributed by atoms with van der Waals surface area (Å²) in [5, 5.41) is 13.9. The van der Waals surface area contributed by atoms with Crippen molar-refractivity contribution in [3.05, 3.63) is 64.7 Å². The molecule has 6 nitrogen and oxygen atoms in total. The van der Waals surface area contributed by atoms with Gasteiger partial charge >= 0.3 is 6.18 Å². The molecule has 1 aliphatic rings. The summed E-state index contributed by atoms with van der Waals surface area (Å²) in [5.41, 5.74) is -0.350. The Balaban J connectivity index is 1.63. The maximum atomic E-state index is 13.1. The van der Waals surface area contributed by atoms with Crippen molar-refractivity contribution in [2.75, 3.05) is 5.32 Å². The van der Waals surface area contributed by atoms with Gasteiger partial charge in [0.15, 0.2) is 0 Å². The maximum Gasteiger partial charge on any atom is 0.416 e. The number of tetrazole rings is 1. The van der Waals surface area contributed by atoms with Crippen LogP contribution in [0.4, 0.5) is 18.9 Å². The van der Waals surface area contributed by atoms with Gasteiger partial charge in [-0.05, 0) is 47.0 Å². The molecule has 1 N–H and O–H groups in total. The number of hydrogen-bond donors (Lipinski definition) is 1. The van der Waals surface area contributed by atoms with Gasteiger partial charge in [-0.2, -0.15) is 13.2 Å². The summed E-state index contributed by atoms with van der Waals surface area (Å²) in [4.78, 5) is 13.1. The van der Waals surface area contributed by atoms with E-state index >= 15 is 0 Å². The molecule has 156 valence electrons. The number of alkyl halides is 3. The van der Waals surface area contributed by atoms with Crippen molar-refractivity contribution in [2.45, 2.75) is 35.5 Å². The number of carbonyl (C=O) groups excluding carboxylic acids is 1. The van der Waals surface area contributed by atoms with Gasteiger partial charge in [0.05, 0.1) is 22.3 Å². The number of hydrogen-bond acceptors (Lipinski definition) is 5. The van der Waals surface area contributed by atoms with E-state index in [1.807, 2.05) is 0 Å². The Labute approximate surface area is 178 Å². The first-order valence-corrected chi connectivity index (χ1v) is 10.3. The molecule has 0 saturated heterocycles. The standard InChI is InChI=1S/C19H15ClF3N5OS/c20-14-9-6-12(19(21,22)23)10-15(14)24-17(29)16(11-4-2-1-3-5-11)30-18-25-26-27-28(18)13-7-8-13/h1-6,9-10,13,16H,7-8H2,(H,24,29). The predicted octanol–water partition coefficient (Wildman–Crippen LogP) is 5.15. The van der Waals surface area contributed by atoms with Crippen LogP contribution < -0.4 is 5.32 Å². The van der Waals surface area contributed by atoms with Crippen LogP contribution in [0, 0.1) is 0 Å². The third-order valence-electron chi connectivity index (χ3n) is 4.47. The van der Waals surface area contributed by atoms with E-state index < -0.39 is 22.9 Å². The van der Waals surface area contributed by atoms with Gasteiger partial charge in [0, 0.05) is 0 Å². The zero-order chi connectivity index (χ0) is 21.3. The van der Waals surface area contributed by atoms with Crippen LogP contribution in [0.2, 0.25) is 5.02 Å². The first-order chi connectivity index (χ1) is 14.3. The molecule has 1 heterocycles. The summed E-state index contributed by atoms with van der Waals surface area (Å²) < 4.78 is 40.8. The van der Waals surface area contributed by atoms with E-state index in [0.717, 1.165) is 42.8 Å². The summed E-state index contributed by atoms with van der Waals surface area (Å²) in [6, 6.07) is 11.9. The Kier molecular flexibility index (Phi) is 5.70. The molecule has 1 unspecified atom stereocenters. The molecule has 1 amide bonds. The summed E-state index contributed by atoms with van der Waals surface area (Å²) in [6.45, 7) is 0. The highest BCUT2D eigenvalue weighted by Crippen LogP contribution is 2.41. The number of nitrogens with one attached hydrogen (secondary N) is 1. The second kappa shape index (κ2) is 8.27. The normalized spacial score (nSPS) is 15.1. The summed E-state index contributed by atoms with van der Waals surface area (Å²) in [5.74, 6) is -0.530. The smallest absolute Gasteiger partial charge is 0.323 e. The highest BCUT2D eigenvalue weighted by molar-refractivity contribution is 8.00. The highest BCUT2D eigenvalue weighted by atomic mass is 35.5. The molecule has 1 fully saturated rings. The molecule has 2 aromatic carbocycles. The van der Waals surface area contributed by atoms with Crippen molar-refractivity contribution in [1.29, 1.82) is 0 Å². The molecule has 1 aliphatic carbocycles. The third kappa shape index (κ3) is 4.59. The van der Waals surface area contributed by atoms with Crippen molar-refractivity contribution in [3.8, 4) is 0 Å². The molecule has 0 aliphatic heterocycles. The van der Waals surface area contributed by atoms with Gasteiger partial charge in [0.2, 0.25) is 11.1 Å². The number of halogens is 4. The lowest BCUT2D eigenvalue weighted by molar-refractivity contribution is -0.137. The van der Waals surface area contributed by atoms with Crippen LogP contribution in [0.15, 0.2) is 53.7 Å². The molecule has 0 radical (unpaired) electrons. The van der Waals surface area contributed by atoms with Crippen LogP contribution in [0.25, 0.3) is 0 Å². The summed E-state index contributed by atoms with van der Waals surface area (Å²) in [6.07, 6.45) is -2.63. The third-order valence-corrected chi connectivity index (χ3v) is 6.00. The van der Waals surface area contributed by atoms with Crippen LogP contribution >= 0.6 is 23.4 Å². The Morgan fingerprint density at radius 1 is 1.20 bits per heavy atom. The van der Waals surface area contributed by atoms with E-state index in [0.29, 0.717) is 10.7 Å². The molecular weight excluding hydrogens is 439 g/mol. The van der Waals surface area contributed by atoms with Gasteiger partial charge in [-0.3, -0.25) is 4.79 Å². The molecule has 4 rings (SSSR count). The minimum absolute atomic E-state index is 0.0102. The molecule has 0 bridgehead atoms. The Morgan fingerprint density at radius 2 is 1.93 bits per heavy atom. The van der Waals surface area contributed by atoms with E-state index in [1.54, 1.807) is 35.0 Å². The minimum atomic E-state index is -4.55. The lowest BCUT2D eigenvalue weighted by Crippen LogP contribution is -2.20. The number of rotatable bonds is 6. The fourth-order valence-corrected chi connectivity index (χ4v) is 4.03. The van der Waals surface area contributed by atoms with Crippen LogP contribution in [0.3, 0.4) is 0 Å². The zero-order valence-electron chi connectivity index (χ0n) is 15.3. The zero-order valence-corrected chi connectivity index (χ0v) is 16.9. The number of amides is 1. The van der Waals surface area contributed by atoms with Crippen molar-refractivity contribution in [3.63, 3.8) is 0 Å². The minimum Gasteiger partial charge on any atom is -0.323 e. The van der Waals surface area contributed by atoms with Gasteiger partial charge in [-0.25, -0.2) is 4.68 Å². The number of carbonyl (C=O) groups is 1. The molecule has 3 aromatic rings. The number of aromatic nitrogens is 4. The lowest BCUT2D eigenvalue weighted by Gasteiger charge is -2.18. The summed E-state index contributed by atoms with van der Waals surface area (Å²) >= 11 is 7.17. The van der Waals surface area contributed by atoms with Gasteiger partial charge in [0.25, 0.3) is 0 Å². The molecule has 0 spiro atoms. The van der Waals surface area contributed by atoms with Crippen molar-refractivity contribution in [1.82, 2.24) is 20.2 Å². The van der Waals surface area contributed by atoms with E-state index in [4.69, 9.17) is 11.6 Å². The SMILES string of the molecule is O=C(Nc1cc(C(F)(F)F)ccc1Cl)C(Sc1nnnn1C1CC1)c1ccccc1. The predicted molar refractivity (Wildman–Crippen MR) is 106 cm³/mol. The fourth-order valence-electron chi connectivity index (χ4n) is 2.81. The number of benzene rings is 2. The second-order valence-corrected chi connectivity index (χ2v) is 8.21. The first kappa shape index (κ1) is 20.7. The Bertz CT molecular complexity index is 1060. The van der Waals surface area contributed by atoms with Crippen LogP contribution in [-0.4, -0.2) is 26.1 Å². The maximum absolute atomic E-state index is 13.1. The fraction of sp³-hybridized carbons (Fsp3) is 0.263. The quantitative estimate of drug-likeness (QED) is 0.522. The van der Waals surface area contributed by atoms with Gasteiger partial charge < -0.3 is 5.32 Å². The molecule has 30 heavy (non-hydrogen) atoms. The molecule has 1 aromatic heterocycles. The molecule has 1 atom stereocenters. The molecule has 1 saturated carbocycles. The number of anilines is 1. The van der Waals surface area contributed by atoms with Crippen LogP contribution in [0.5, 0.6) is 0 Å². The average Bonchev–Trinajstić information content (AvgIpc) is 3.45. The van der Waals surface area contributed by atoms with Gasteiger partial charge in [0.1, 0.15) is 5.25 Å². The Hall–Kier alpha value is -2.59. The lowest BCUT2D eigenvalue weighted by atomic mass is 10.1. The van der Waals surface area contributed by atoms with E-state index in [2.05, 4.69) is 20.8 Å². The topological polar surface area (TPSA) is 72.7 Å². The van der Waals surface area contributed by atoms with Crippen molar-refractivity contribution in [2.24, 2.45) is 0 Å². The van der Waals surface area contributed by atoms with Gasteiger partial charge in [-0.1, -0.05) is 53.7 Å². The second-order valence-electron chi connectivity index (χ2n) is 6.73. The van der Waals surface area contributed by atoms with Crippen LogP contribution in [0.1, 0.15) is 35.3 Å². The van der Waals surface area contributed by atoms with Crippen molar-refractivity contribution < 1.29 is 18.0 Å². The monoisotopic (exact) mass is 453 g/mol.